The van der Waals surface area contributed by atoms with E-state index in [1.807, 2.05) is 27.2 Å². The minimum absolute atomic E-state index is 0. The molecule has 13 heavy (non-hydrogen) atoms. The maximum Gasteiger partial charge on any atom is 3.00 e. The van der Waals surface area contributed by atoms with Crippen molar-refractivity contribution < 1.29 is 65.4 Å². The molecule has 0 aromatic carbocycles. The average molecular weight is 331 g/mol. The van der Waals surface area contributed by atoms with E-state index in [9.17, 15) is 0 Å². The zero-order chi connectivity index (χ0) is 7.82. The minimum atomic E-state index is 0. The van der Waals surface area contributed by atoms with Crippen molar-refractivity contribution in [3.8, 4) is 0 Å². The first-order valence-corrected chi connectivity index (χ1v) is 3.42. The van der Waals surface area contributed by atoms with E-state index in [4.69, 9.17) is 0 Å². The molecular weight excluding hydrogens is 314 g/mol. The quantitative estimate of drug-likeness (QED) is 0.559. The summed E-state index contributed by atoms with van der Waals surface area (Å²) in [7, 11) is 0. The largest absolute Gasteiger partial charge is 3.00 e. The molecule has 0 bridgehead atoms. The van der Waals surface area contributed by atoms with Gasteiger partial charge in [-0.1, -0.05) is 13.5 Å². The van der Waals surface area contributed by atoms with Crippen LogP contribution < -0.4 is 0 Å². The first kappa shape index (κ1) is 24.0. The predicted octanol–water partition coefficient (Wildman–Crippen LogP) is 2.88. The van der Waals surface area contributed by atoms with E-state index in [0.29, 0.717) is 6.54 Å². The second-order valence-electron chi connectivity index (χ2n) is 2.06. The van der Waals surface area contributed by atoms with Gasteiger partial charge in [0.2, 0.25) is 0 Å². The summed E-state index contributed by atoms with van der Waals surface area (Å²) in [4.78, 5) is 0. The molecule has 0 saturated carbocycles. The molecule has 0 aromatic heterocycles. The Morgan fingerprint density at radius 2 is 1.92 bits per heavy atom. The molecule has 0 aliphatic rings. The fourth-order valence-electron chi connectivity index (χ4n) is 0.375. The number of allylic oxidation sites excluding steroid dienone is 1. The van der Waals surface area contributed by atoms with Crippen LogP contribution in [0.4, 0.5) is 0 Å². The second kappa shape index (κ2) is 19.2. The van der Waals surface area contributed by atoms with Crippen LogP contribution in [0.1, 0.15) is 20.8 Å². The monoisotopic (exact) mass is 331 g/mol. The molecule has 0 aromatic rings. The topological polar surface area (TPSA) is 24.7 Å². The van der Waals surface area contributed by atoms with Crippen molar-refractivity contribution in [3.63, 3.8) is 0 Å². The molecule has 0 heterocycles. The Morgan fingerprint density at radius 1 is 1.38 bits per heavy atom. The molecule has 2 nitrogen and oxygen atoms in total. The summed E-state index contributed by atoms with van der Waals surface area (Å²) in [5.74, 6) is 0. The molecule has 0 N–H and O–H groups in total. The summed E-state index contributed by atoms with van der Waals surface area (Å²) in [5, 5.41) is 7.81. The zero-order valence-corrected chi connectivity index (χ0v) is 14.7. The van der Waals surface area contributed by atoms with Gasteiger partial charge in [-0.2, -0.15) is 19.0 Å². The Labute approximate surface area is 133 Å². The Balaban J connectivity index is -0.000000135. The van der Waals surface area contributed by atoms with Crippen molar-refractivity contribution in [2.24, 2.45) is 10.2 Å². The van der Waals surface area contributed by atoms with Gasteiger partial charge in [0.05, 0.1) is 0 Å². The first-order chi connectivity index (χ1) is 4.81. The van der Waals surface area contributed by atoms with Crippen molar-refractivity contribution in [3.05, 3.63) is 25.5 Å². The summed E-state index contributed by atoms with van der Waals surface area (Å²) in [5.41, 5.74) is 1.14. The predicted molar refractivity (Wildman–Crippen MR) is 49.1 cm³/mol. The molecule has 0 atom stereocenters. The van der Waals surface area contributed by atoms with E-state index in [0.717, 1.165) is 12.1 Å². The van der Waals surface area contributed by atoms with E-state index in [-0.39, 0.29) is 72.8 Å². The standard InChI is InChI=1S/C8H14N2.CH3.2Y/c1-4-6-9-10-7-8(3)5-2;;;/h4H,6-7H2,1-3H3;1H3;;/q-2;-1;;+3. The third kappa shape index (κ3) is 19.8. The smallest absolute Gasteiger partial charge is 0.499 e. The van der Waals surface area contributed by atoms with Gasteiger partial charge in [-0.15, -0.1) is 0 Å². The van der Waals surface area contributed by atoms with E-state index < -0.39 is 0 Å². The van der Waals surface area contributed by atoms with Crippen molar-refractivity contribution in [2.45, 2.75) is 20.8 Å². The molecule has 0 spiro atoms. The maximum absolute atomic E-state index is 3.93. The van der Waals surface area contributed by atoms with Gasteiger partial charge in [-0.25, -0.2) is 10.7 Å². The van der Waals surface area contributed by atoms with Crippen LogP contribution in [0, 0.1) is 19.9 Å². The van der Waals surface area contributed by atoms with Crippen molar-refractivity contribution in [1.82, 2.24) is 0 Å². The molecule has 69 valence electrons. The molecule has 0 rings (SSSR count). The van der Waals surface area contributed by atoms with Gasteiger partial charge >= 0.3 is 32.7 Å². The van der Waals surface area contributed by atoms with Crippen LogP contribution in [0.15, 0.2) is 15.8 Å². The molecule has 0 fully saturated rings. The summed E-state index contributed by atoms with van der Waals surface area (Å²) >= 11 is 0. The molecule has 0 unspecified atom stereocenters. The Morgan fingerprint density at radius 3 is 2.31 bits per heavy atom. The molecule has 1 radical (unpaired) electrons. The second-order valence-corrected chi connectivity index (χ2v) is 2.06. The number of rotatable bonds is 4. The van der Waals surface area contributed by atoms with E-state index in [1.54, 1.807) is 0 Å². The van der Waals surface area contributed by atoms with Gasteiger partial charge in [-0.3, -0.25) is 0 Å². The van der Waals surface area contributed by atoms with Gasteiger partial charge in [0, 0.05) is 39.3 Å². The summed E-state index contributed by atoms with van der Waals surface area (Å²) in [6.07, 6.45) is 4.96. The SMILES string of the molecule is C[C-]=C(C)CN=NC[CH-]C.[CH3-].[Y+3].[Y]. The Kier molecular flexibility index (Phi) is 35.4. The summed E-state index contributed by atoms with van der Waals surface area (Å²) in [6, 6.07) is 0. The third-order valence-corrected chi connectivity index (χ3v) is 1.10. The van der Waals surface area contributed by atoms with Gasteiger partial charge in [-0.05, 0) is 0 Å². The van der Waals surface area contributed by atoms with Crippen LogP contribution >= 0.6 is 0 Å². The molecule has 0 saturated heterocycles. The van der Waals surface area contributed by atoms with Crippen LogP contribution in [-0.2, 0) is 65.4 Å². The van der Waals surface area contributed by atoms with E-state index in [2.05, 4.69) is 16.3 Å². The molecule has 0 amide bonds. The van der Waals surface area contributed by atoms with Gasteiger partial charge in [0.1, 0.15) is 0 Å². The Bertz CT molecular complexity index is 134. The molecule has 0 aliphatic carbocycles. The maximum atomic E-state index is 3.93. The van der Waals surface area contributed by atoms with Crippen LogP contribution in [0.25, 0.3) is 0 Å². The first-order valence-electron chi connectivity index (χ1n) is 3.42. The number of azo groups is 1. The fraction of sp³-hybridized carbons (Fsp3) is 0.556. The van der Waals surface area contributed by atoms with Crippen LogP contribution in [0.5, 0.6) is 0 Å². The van der Waals surface area contributed by atoms with Crippen LogP contribution in [-0.4, -0.2) is 13.1 Å². The Hall–Kier alpha value is 1.55. The van der Waals surface area contributed by atoms with Crippen LogP contribution in [0.3, 0.4) is 0 Å². The van der Waals surface area contributed by atoms with Crippen molar-refractivity contribution in [1.29, 1.82) is 0 Å². The molecule has 4 heteroatoms. The van der Waals surface area contributed by atoms with Crippen LogP contribution in [0.2, 0.25) is 0 Å². The van der Waals surface area contributed by atoms with E-state index in [1.165, 1.54) is 0 Å². The van der Waals surface area contributed by atoms with E-state index >= 15 is 0 Å². The minimum Gasteiger partial charge on any atom is -0.499 e. The van der Waals surface area contributed by atoms with Crippen molar-refractivity contribution >= 4 is 0 Å². The zero-order valence-electron chi connectivity index (χ0n) is 9.04. The number of hydrogen-bond donors (Lipinski definition) is 0. The third-order valence-electron chi connectivity index (χ3n) is 1.10. The molecular formula is C9H17N2Y2. The fourth-order valence-corrected chi connectivity index (χ4v) is 0.375. The van der Waals surface area contributed by atoms with Gasteiger partial charge in [0.25, 0.3) is 0 Å². The normalized spacial score (nSPS) is 9.92. The summed E-state index contributed by atoms with van der Waals surface area (Å²) in [6.45, 7) is 7.25. The molecule has 0 aliphatic heterocycles. The van der Waals surface area contributed by atoms with Crippen molar-refractivity contribution in [2.75, 3.05) is 13.1 Å². The number of hydrogen-bond acceptors (Lipinski definition) is 2. The average Bonchev–Trinajstić information content (AvgIpc) is 1.98. The van der Waals surface area contributed by atoms with Gasteiger partial charge < -0.3 is 19.9 Å². The van der Waals surface area contributed by atoms with Gasteiger partial charge in [0.15, 0.2) is 0 Å². The number of nitrogens with zero attached hydrogens (tertiary/aromatic N) is 2. The summed E-state index contributed by atoms with van der Waals surface area (Å²) < 4.78 is 0.